The summed E-state index contributed by atoms with van der Waals surface area (Å²) in [6, 6.07) is 4.70. The zero-order valence-electron chi connectivity index (χ0n) is 11.5. The van der Waals surface area contributed by atoms with Gasteiger partial charge in [-0.2, -0.15) is 13.2 Å². The fraction of sp³-hybridized carbons (Fsp3) is 0.462. The lowest BCUT2D eigenvalue weighted by Gasteiger charge is -2.13. The number of carbonyl (C=O) groups is 1. The summed E-state index contributed by atoms with van der Waals surface area (Å²) >= 11 is 0. The molecule has 0 spiro atoms. The number of nitrogen functional groups attached to an aromatic ring is 1. The van der Waals surface area contributed by atoms with Crippen LogP contribution in [0.5, 0.6) is 5.75 Å². The van der Waals surface area contributed by atoms with Crippen molar-refractivity contribution in [2.24, 2.45) is 0 Å². The van der Waals surface area contributed by atoms with Crippen LogP contribution in [0.15, 0.2) is 18.2 Å². The molecule has 0 fully saturated rings. The van der Waals surface area contributed by atoms with Crippen LogP contribution in [0.2, 0.25) is 0 Å². The molecule has 0 bridgehead atoms. The van der Waals surface area contributed by atoms with Gasteiger partial charge in [-0.05, 0) is 19.1 Å². The summed E-state index contributed by atoms with van der Waals surface area (Å²) in [5.74, 6) is -0.227. The maximum Gasteiger partial charge on any atom is 0.411 e. The monoisotopic (exact) mass is 306 g/mol. The molecule has 1 rings (SSSR count). The van der Waals surface area contributed by atoms with E-state index in [1.165, 1.54) is 6.07 Å². The Labute approximate surface area is 120 Å². The first-order chi connectivity index (χ1) is 9.85. The number of nitrogens with two attached hydrogens (primary N) is 1. The smallest absolute Gasteiger partial charge is 0.411 e. The Morgan fingerprint density at radius 1 is 1.38 bits per heavy atom. The minimum absolute atomic E-state index is 0.0464. The lowest BCUT2D eigenvalue weighted by Crippen LogP contribution is -2.29. The largest absolute Gasteiger partial charge is 0.491 e. The number of carbonyl (C=O) groups excluding carboxylic acids is 1. The summed E-state index contributed by atoms with van der Waals surface area (Å²) in [5, 5.41) is 2.44. The molecule has 1 aromatic rings. The number of anilines is 1. The summed E-state index contributed by atoms with van der Waals surface area (Å²) in [4.78, 5) is 11.9. The Balaban J connectivity index is 2.51. The SMILES string of the molecule is CCOc1c(N)cccc1C(=O)NCCOCC(F)(F)F. The molecule has 0 saturated heterocycles. The van der Waals surface area contributed by atoms with Crippen molar-refractivity contribution in [1.29, 1.82) is 0 Å². The second-order valence-corrected chi connectivity index (χ2v) is 4.08. The Hall–Kier alpha value is -1.96. The summed E-state index contributed by atoms with van der Waals surface area (Å²) < 4.78 is 45.2. The molecule has 0 radical (unpaired) electrons. The van der Waals surface area contributed by atoms with Gasteiger partial charge < -0.3 is 20.5 Å². The van der Waals surface area contributed by atoms with E-state index in [1.54, 1.807) is 19.1 Å². The summed E-state index contributed by atoms with van der Waals surface area (Å²) in [7, 11) is 0. The standard InChI is InChI=1S/C13H17F3N2O3/c1-2-21-11-9(4-3-5-10(11)17)12(19)18-6-7-20-8-13(14,15)16/h3-5H,2,6-8,17H2,1H3,(H,18,19). The molecule has 5 nitrogen and oxygen atoms in total. The van der Waals surface area contributed by atoms with Crippen molar-refractivity contribution in [2.45, 2.75) is 13.1 Å². The van der Waals surface area contributed by atoms with Crippen molar-refractivity contribution in [1.82, 2.24) is 5.32 Å². The van der Waals surface area contributed by atoms with E-state index in [9.17, 15) is 18.0 Å². The van der Waals surface area contributed by atoms with Crippen molar-refractivity contribution in [3.8, 4) is 5.75 Å². The van der Waals surface area contributed by atoms with E-state index in [2.05, 4.69) is 10.1 Å². The first kappa shape index (κ1) is 17.1. The number of ether oxygens (including phenoxy) is 2. The van der Waals surface area contributed by atoms with Crippen LogP contribution in [0.3, 0.4) is 0 Å². The summed E-state index contributed by atoms with van der Waals surface area (Å²) in [5.41, 5.74) is 6.26. The highest BCUT2D eigenvalue weighted by molar-refractivity contribution is 5.98. The molecule has 118 valence electrons. The van der Waals surface area contributed by atoms with Gasteiger partial charge in [0.2, 0.25) is 0 Å². The zero-order valence-corrected chi connectivity index (χ0v) is 11.5. The third-order valence-corrected chi connectivity index (χ3v) is 2.38. The molecule has 0 atom stereocenters. The molecular formula is C13H17F3N2O3. The van der Waals surface area contributed by atoms with Crippen LogP contribution in [-0.4, -0.2) is 38.4 Å². The van der Waals surface area contributed by atoms with Gasteiger partial charge in [0.15, 0.2) is 5.75 Å². The van der Waals surface area contributed by atoms with Crippen molar-refractivity contribution < 1.29 is 27.4 Å². The summed E-state index contributed by atoms with van der Waals surface area (Å²) in [6.45, 7) is 0.459. The van der Waals surface area contributed by atoms with Crippen LogP contribution >= 0.6 is 0 Å². The number of halogens is 3. The average Bonchev–Trinajstić information content (AvgIpc) is 2.39. The molecule has 0 aliphatic rings. The third-order valence-electron chi connectivity index (χ3n) is 2.38. The third kappa shape index (κ3) is 5.90. The number of rotatable bonds is 7. The van der Waals surface area contributed by atoms with Crippen molar-refractivity contribution in [3.05, 3.63) is 23.8 Å². The fourth-order valence-electron chi connectivity index (χ4n) is 1.56. The molecule has 0 heterocycles. The van der Waals surface area contributed by atoms with Crippen molar-refractivity contribution >= 4 is 11.6 Å². The lowest BCUT2D eigenvalue weighted by atomic mass is 10.1. The minimum Gasteiger partial charge on any atom is -0.491 e. The van der Waals surface area contributed by atoms with Gasteiger partial charge in [0.25, 0.3) is 5.91 Å². The van der Waals surface area contributed by atoms with Crippen LogP contribution in [-0.2, 0) is 4.74 Å². The molecule has 21 heavy (non-hydrogen) atoms. The summed E-state index contributed by atoms with van der Waals surface area (Å²) in [6.07, 6.45) is -4.37. The molecular weight excluding hydrogens is 289 g/mol. The van der Waals surface area contributed by atoms with E-state index in [4.69, 9.17) is 10.5 Å². The van der Waals surface area contributed by atoms with Gasteiger partial charge in [0.1, 0.15) is 6.61 Å². The number of hydrogen-bond donors (Lipinski definition) is 2. The predicted octanol–water partition coefficient (Wildman–Crippen LogP) is 1.98. The van der Waals surface area contributed by atoms with E-state index >= 15 is 0 Å². The lowest BCUT2D eigenvalue weighted by molar-refractivity contribution is -0.173. The number of benzene rings is 1. The minimum atomic E-state index is -4.37. The Bertz CT molecular complexity index is 478. The molecule has 0 aromatic heterocycles. The van der Waals surface area contributed by atoms with Crippen molar-refractivity contribution in [2.75, 3.05) is 32.1 Å². The van der Waals surface area contributed by atoms with E-state index in [0.29, 0.717) is 12.3 Å². The second-order valence-electron chi connectivity index (χ2n) is 4.08. The van der Waals surface area contributed by atoms with Gasteiger partial charge in [0, 0.05) is 6.54 Å². The topological polar surface area (TPSA) is 73.6 Å². The maximum absolute atomic E-state index is 11.9. The molecule has 1 amide bonds. The maximum atomic E-state index is 11.9. The molecule has 8 heteroatoms. The average molecular weight is 306 g/mol. The van der Waals surface area contributed by atoms with E-state index < -0.39 is 18.7 Å². The highest BCUT2D eigenvalue weighted by atomic mass is 19.4. The second kappa shape index (κ2) is 7.72. The zero-order chi connectivity index (χ0) is 15.9. The van der Waals surface area contributed by atoms with E-state index in [-0.39, 0.29) is 24.5 Å². The molecule has 0 saturated carbocycles. The van der Waals surface area contributed by atoms with Crippen molar-refractivity contribution in [3.63, 3.8) is 0 Å². The first-order valence-corrected chi connectivity index (χ1v) is 6.29. The Morgan fingerprint density at radius 3 is 2.71 bits per heavy atom. The quantitative estimate of drug-likeness (QED) is 0.597. The van der Waals surface area contributed by atoms with E-state index in [0.717, 1.165) is 0 Å². The van der Waals surface area contributed by atoms with Gasteiger partial charge in [0.05, 0.1) is 24.5 Å². The van der Waals surface area contributed by atoms with Gasteiger partial charge in [-0.15, -0.1) is 0 Å². The van der Waals surface area contributed by atoms with Crippen LogP contribution in [0, 0.1) is 0 Å². The van der Waals surface area contributed by atoms with Crippen LogP contribution in [0.4, 0.5) is 18.9 Å². The number of nitrogens with one attached hydrogen (secondary N) is 1. The van der Waals surface area contributed by atoms with Crippen LogP contribution in [0.25, 0.3) is 0 Å². The number of alkyl halides is 3. The molecule has 0 unspecified atom stereocenters. The Morgan fingerprint density at radius 2 is 2.10 bits per heavy atom. The normalized spacial score (nSPS) is 11.2. The van der Waals surface area contributed by atoms with Crippen LogP contribution < -0.4 is 15.8 Å². The Kier molecular flexibility index (Phi) is 6.29. The molecule has 0 aliphatic heterocycles. The molecule has 3 N–H and O–H groups in total. The van der Waals surface area contributed by atoms with Gasteiger partial charge in [-0.3, -0.25) is 4.79 Å². The molecule has 1 aromatic carbocycles. The van der Waals surface area contributed by atoms with Gasteiger partial charge >= 0.3 is 6.18 Å². The highest BCUT2D eigenvalue weighted by Gasteiger charge is 2.27. The van der Waals surface area contributed by atoms with Gasteiger partial charge in [-0.1, -0.05) is 6.07 Å². The highest BCUT2D eigenvalue weighted by Crippen LogP contribution is 2.26. The predicted molar refractivity (Wildman–Crippen MR) is 71.2 cm³/mol. The number of amides is 1. The number of para-hydroxylation sites is 1. The fourth-order valence-corrected chi connectivity index (χ4v) is 1.56. The first-order valence-electron chi connectivity index (χ1n) is 6.29. The molecule has 0 aliphatic carbocycles. The van der Waals surface area contributed by atoms with Crippen LogP contribution in [0.1, 0.15) is 17.3 Å². The van der Waals surface area contributed by atoms with Gasteiger partial charge in [-0.25, -0.2) is 0 Å². The number of hydrogen-bond acceptors (Lipinski definition) is 4. The van der Waals surface area contributed by atoms with E-state index in [1.807, 2.05) is 0 Å².